The van der Waals surface area contributed by atoms with E-state index in [0.29, 0.717) is 23.4 Å². The van der Waals surface area contributed by atoms with Crippen molar-refractivity contribution in [3.05, 3.63) is 47.7 Å². The molecule has 2 aromatic rings. The van der Waals surface area contributed by atoms with Gasteiger partial charge in [-0.3, -0.25) is 9.59 Å². The summed E-state index contributed by atoms with van der Waals surface area (Å²) in [4.78, 5) is 27.1. The lowest BCUT2D eigenvalue weighted by Gasteiger charge is -2.28. The van der Waals surface area contributed by atoms with Gasteiger partial charge in [0, 0.05) is 6.07 Å². The van der Waals surface area contributed by atoms with Crippen LogP contribution in [0.3, 0.4) is 0 Å². The van der Waals surface area contributed by atoms with Gasteiger partial charge < -0.3 is 4.52 Å². The van der Waals surface area contributed by atoms with E-state index in [2.05, 4.69) is 17.3 Å². The molecule has 122 valence electrons. The Labute approximate surface area is 139 Å². The first kappa shape index (κ1) is 14.0. The second-order valence-electron chi connectivity index (χ2n) is 7.27. The van der Waals surface area contributed by atoms with Crippen LogP contribution in [0, 0.1) is 30.6 Å². The summed E-state index contributed by atoms with van der Waals surface area (Å²) in [6, 6.07) is 12.0. The first-order chi connectivity index (χ1) is 11.6. The van der Waals surface area contributed by atoms with Crippen LogP contribution in [0.1, 0.15) is 30.1 Å². The predicted molar refractivity (Wildman–Crippen MR) is 86.1 cm³/mol. The molecular weight excluding hydrogens is 304 g/mol. The molecule has 1 aromatic carbocycles. The third-order valence-corrected chi connectivity index (χ3v) is 6.09. The number of aryl methyl sites for hydroxylation is 1. The van der Waals surface area contributed by atoms with Crippen LogP contribution in [0.15, 0.2) is 40.9 Å². The Morgan fingerprint density at radius 1 is 1.08 bits per heavy atom. The van der Waals surface area contributed by atoms with Crippen LogP contribution in [0.25, 0.3) is 0 Å². The Morgan fingerprint density at radius 2 is 1.83 bits per heavy atom. The molecule has 0 N–H and O–H groups in total. The van der Waals surface area contributed by atoms with Crippen molar-refractivity contribution >= 4 is 17.6 Å². The van der Waals surface area contributed by atoms with Crippen LogP contribution in [0.5, 0.6) is 0 Å². The summed E-state index contributed by atoms with van der Waals surface area (Å²) in [6.07, 6.45) is 1.98. The Kier molecular flexibility index (Phi) is 2.78. The van der Waals surface area contributed by atoms with Gasteiger partial charge in [0.2, 0.25) is 11.8 Å². The number of carbonyl (C=O) groups is 2. The molecule has 5 rings (SSSR count). The largest absolute Gasteiger partial charge is 0.360 e. The average Bonchev–Trinajstić information content (AvgIpc) is 3.32. The number of fused-ring (bicyclic) bond motifs is 5. The number of hydrogen-bond donors (Lipinski definition) is 0. The van der Waals surface area contributed by atoms with Crippen molar-refractivity contribution in [2.45, 2.75) is 25.7 Å². The fourth-order valence-electron chi connectivity index (χ4n) is 5.23. The Bertz CT molecular complexity index is 828. The lowest BCUT2D eigenvalue weighted by molar-refractivity contribution is -0.123. The molecule has 0 spiro atoms. The number of anilines is 1. The SMILES string of the molecule is Cc1cc(N2C(=O)C3C4CC(c5ccccc5)C(C4)C3C2=O)no1. The van der Waals surface area contributed by atoms with Crippen LogP contribution < -0.4 is 4.90 Å². The van der Waals surface area contributed by atoms with Gasteiger partial charge in [-0.2, -0.15) is 0 Å². The zero-order valence-electron chi connectivity index (χ0n) is 13.4. The highest BCUT2D eigenvalue weighted by molar-refractivity contribution is 6.22. The second kappa shape index (κ2) is 4.79. The van der Waals surface area contributed by atoms with Crippen LogP contribution in [-0.4, -0.2) is 17.0 Å². The van der Waals surface area contributed by atoms with E-state index in [4.69, 9.17) is 4.52 Å². The summed E-state index contributed by atoms with van der Waals surface area (Å²) in [7, 11) is 0. The molecule has 5 unspecified atom stereocenters. The van der Waals surface area contributed by atoms with Crippen LogP contribution in [0.4, 0.5) is 5.82 Å². The van der Waals surface area contributed by atoms with Gasteiger partial charge in [0.1, 0.15) is 5.76 Å². The van der Waals surface area contributed by atoms with Crippen molar-refractivity contribution in [3.8, 4) is 0 Å². The molecule has 1 aliphatic heterocycles. The summed E-state index contributed by atoms with van der Waals surface area (Å²) in [6.45, 7) is 1.76. The van der Waals surface area contributed by atoms with Crippen molar-refractivity contribution in [1.29, 1.82) is 0 Å². The number of carbonyl (C=O) groups excluding carboxylic acids is 2. The number of amides is 2. The topological polar surface area (TPSA) is 63.4 Å². The maximum Gasteiger partial charge on any atom is 0.239 e. The molecule has 5 atom stereocenters. The Morgan fingerprint density at radius 3 is 2.54 bits per heavy atom. The minimum atomic E-state index is -0.196. The molecule has 2 heterocycles. The second-order valence-corrected chi connectivity index (χ2v) is 7.27. The first-order valence-corrected chi connectivity index (χ1v) is 8.51. The summed E-state index contributed by atoms with van der Waals surface area (Å²) in [5.41, 5.74) is 1.29. The summed E-state index contributed by atoms with van der Waals surface area (Å²) >= 11 is 0. The third kappa shape index (κ3) is 1.72. The molecule has 3 aliphatic rings. The van der Waals surface area contributed by atoms with Crippen molar-refractivity contribution < 1.29 is 14.1 Å². The van der Waals surface area contributed by atoms with Crippen molar-refractivity contribution in [2.75, 3.05) is 4.90 Å². The van der Waals surface area contributed by atoms with Gasteiger partial charge in [-0.1, -0.05) is 35.5 Å². The molecule has 2 aliphatic carbocycles. The van der Waals surface area contributed by atoms with E-state index in [-0.39, 0.29) is 29.6 Å². The fourth-order valence-corrected chi connectivity index (χ4v) is 5.23. The lowest BCUT2D eigenvalue weighted by atomic mass is 9.73. The summed E-state index contributed by atoms with van der Waals surface area (Å²) in [5.74, 6) is 1.35. The molecule has 24 heavy (non-hydrogen) atoms. The van der Waals surface area contributed by atoms with Crippen molar-refractivity contribution in [1.82, 2.24) is 5.16 Å². The van der Waals surface area contributed by atoms with Gasteiger partial charge >= 0.3 is 0 Å². The lowest BCUT2D eigenvalue weighted by Crippen LogP contribution is -2.33. The van der Waals surface area contributed by atoms with Gasteiger partial charge in [0.15, 0.2) is 5.82 Å². The highest BCUT2D eigenvalue weighted by atomic mass is 16.5. The van der Waals surface area contributed by atoms with Gasteiger partial charge in [-0.15, -0.1) is 0 Å². The van der Waals surface area contributed by atoms with Crippen molar-refractivity contribution in [3.63, 3.8) is 0 Å². The molecule has 5 heteroatoms. The monoisotopic (exact) mass is 322 g/mol. The molecular formula is C19H18N2O3. The molecule has 2 amide bonds. The van der Waals surface area contributed by atoms with E-state index in [1.807, 2.05) is 18.2 Å². The third-order valence-electron chi connectivity index (χ3n) is 6.09. The number of aromatic nitrogens is 1. The number of hydrogen-bond acceptors (Lipinski definition) is 4. The predicted octanol–water partition coefficient (Wildman–Crippen LogP) is 2.91. The molecule has 2 bridgehead atoms. The maximum atomic E-state index is 13.0. The highest BCUT2D eigenvalue weighted by Crippen LogP contribution is 2.61. The van der Waals surface area contributed by atoms with Gasteiger partial charge in [-0.25, -0.2) is 4.90 Å². The highest BCUT2D eigenvalue weighted by Gasteiger charge is 2.64. The number of imide groups is 1. The molecule has 0 radical (unpaired) electrons. The van der Waals surface area contributed by atoms with Crippen LogP contribution in [0.2, 0.25) is 0 Å². The van der Waals surface area contributed by atoms with E-state index in [1.165, 1.54) is 10.5 Å². The zero-order valence-corrected chi connectivity index (χ0v) is 13.4. The smallest absolute Gasteiger partial charge is 0.239 e. The van der Waals surface area contributed by atoms with Gasteiger partial charge in [0.25, 0.3) is 0 Å². The molecule has 1 saturated heterocycles. The van der Waals surface area contributed by atoms with Crippen LogP contribution in [-0.2, 0) is 9.59 Å². The summed E-state index contributed by atoms with van der Waals surface area (Å²) < 4.78 is 5.06. The van der Waals surface area contributed by atoms with Crippen LogP contribution >= 0.6 is 0 Å². The number of benzene rings is 1. The van der Waals surface area contributed by atoms with E-state index < -0.39 is 0 Å². The van der Waals surface area contributed by atoms with E-state index in [1.54, 1.807) is 13.0 Å². The van der Waals surface area contributed by atoms with E-state index in [9.17, 15) is 9.59 Å². The molecule has 1 aromatic heterocycles. The quantitative estimate of drug-likeness (QED) is 0.798. The standard InChI is InChI=1S/C19H18N2O3/c1-10-7-15(20-24-10)21-18(22)16-12-8-13(11-5-3-2-4-6-11)14(9-12)17(16)19(21)23/h2-7,12-14,16-17H,8-9H2,1H3. The number of rotatable bonds is 2. The van der Waals surface area contributed by atoms with Gasteiger partial charge in [-0.05, 0) is 43.1 Å². The average molecular weight is 322 g/mol. The normalized spacial score (nSPS) is 34.2. The fraction of sp³-hybridized carbons (Fsp3) is 0.421. The minimum absolute atomic E-state index is 0.0858. The van der Waals surface area contributed by atoms with E-state index in [0.717, 1.165) is 12.8 Å². The summed E-state index contributed by atoms with van der Waals surface area (Å²) in [5, 5.41) is 3.88. The minimum Gasteiger partial charge on any atom is -0.360 e. The Balaban J connectivity index is 1.50. The van der Waals surface area contributed by atoms with Gasteiger partial charge in [0.05, 0.1) is 11.8 Å². The maximum absolute atomic E-state index is 13.0. The number of nitrogens with zero attached hydrogens (tertiary/aromatic N) is 2. The Hall–Kier alpha value is -2.43. The molecule has 5 nitrogen and oxygen atoms in total. The van der Waals surface area contributed by atoms with E-state index >= 15 is 0 Å². The first-order valence-electron chi connectivity index (χ1n) is 8.51. The van der Waals surface area contributed by atoms with Crippen molar-refractivity contribution in [2.24, 2.45) is 23.7 Å². The molecule has 3 fully saturated rings. The zero-order chi connectivity index (χ0) is 16.4. The molecule has 2 saturated carbocycles.